The lowest BCUT2D eigenvalue weighted by Crippen LogP contribution is -2.19. The van der Waals surface area contributed by atoms with E-state index in [-0.39, 0.29) is 17.6 Å². The average Bonchev–Trinajstić information content (AvgIpc) is 2.69. The summed E-state index contributed by atoms with van der Waals surface area (Å²) in [5, 5.41) is 0. The molecule has 0 atom stereocenters. The quantitative estimate of drug-likeness (QED) is 0.433. The van der Waals surface area contributed by atoms with Crippen molar-refractivity contribution in [2.75, 3.05) is 26.4 Å². The molecule has 0 N–H and O–H groups in total. The van der Waals surface area contributed by atoms with Gasteiger partial charge < -0.3 is 18.9 Å². The Morgan fingerprint density at radius 3 is 1.45 bits per heavy atom. The second kappa shape index (κ2) is 11.2. The maximum atomic E-state index is 5.87. The van der Waals surface area contributed by atoms with Crippen LogP contribution in [0.3, 0.4) is 0 Å². The first-order chi connectivity index (χ1) is 13.8. The summed E-state index contributed by atoms with van der Waals surface area (Å²) in [6.07, 6.45) is 0.436. The van der Waals surface area contributed by atoms with Crippen molar-refractivity contribution in [2.24, 2.45) is 0 Å². The maximum absolute atomic E-state index is 5.87. The van der Waals surface area contributed by atoms with Crippen molar-refractivity contribution in [1.29, 1.82) is 0 Å². The minimum Gasteiger partial charge on any atom is -0.491 e. The van der Waals surface area contributed by atoms with E-state index in [0.29, 0.717) is 26.4 Å². The molecule has 4 heteroatoms. The van der Waals surface area contributed by atoms with E-state index >= 15 is 0 Å². The molecular formula is C25H36O4. The molecule has 0 saturated heterocycles. The molecule has 0 aliphatic carbocycles. The predicted molar refractivity (Wildman–Crippen MR) is 118 cm³/mol. The molecule has 0 saturated carbocycles. The fourth-order valence-corrected chi connectivity index (χ4v) is 3.00. The summed E-state index contributed by atoms with van der Waals surface area (Å²) in [4.78, 5) is 0. The number of benzene rings is 2. The monoisotopic (exact) mass is 400 g/mol. The molecule has 0 heterocycles. The van der Waals surface area contributed by atoms with Crippen LogP contribution >= 0.6 is 0 Å². The van der Waals surface area contributed by atoms with E-state index in [1.807, 2.05) is 52.0 Å². The molecule has 0 aromatic heterocycles. The molecule has 0 aliphatic rings. The van der Waals surface area contributed by atoms with Crippen molar-refractivity contribution in [3.8, 4) is 11.5 Å². The Bertz CT molecular complexity index is 676. The summed E-state index contributed by atoms with van der Waals surface area (Å²) in [5.41, 5.74) is 2.21. The second-order valence-corrected chi connectivity index (χ2v) is 8.22. The molecule has 0 aliphatic heterocycles. The average molecular weight is 401 g/mol. The zero-order valence-corrected chi connectivity index (χ0v) is 18.7. The first-order valence-corrected chi connectivity index (χ1v) is 10.5. The smallest absolute Gasteiger partial charge is 0.119 e. The Morgan fingerprint density at radius 2 is 1.07 bits per heavy atom. The highest BCUT2D eigenvalue weighted by atomic mass is 16.5. The normalized spacial score (nSPS) is 11.9. The van der Waals surface area contributed by atoms with Crippen LogP contribution in [0.5, 0.6) is 11.5 Å². The van der Waals surface area contributed by atoms with Gasteiger partial charge in [-0.25, -0.2) is 0 Å². The summed E-state index contributed by atoms with van der Waals surface area (Å²) in [6, 6.07) is 16.6. The Kier molecular flexibility index (Phi) is 8.99. The van der Waals surface area contributed by atoms with Crippen LogP contribution < -0.4 is 9.47 Å². The summed E-state index contributed by atoms with van der Waals surface area (Å²) < 4.78 is 22.8. The number of ether oxygens (including phenoxy) is 4. The highest BCUT2D eigenvalue weighted by Crippen LogP contribution is 2.34. The van der Waals surface area contributed by atoms with Gasteiger partial charge in [0.25, 0.3) is 0 Å². The zero-order chi connectivity index (χ0) is 21.3. The van der Waals surface area contributed by atoms with Crippen LogP contribution in [0.2, 0.25) is 0 Å². The van der Waals surface area contributed by atoms with Crippen LogP contribution in [-0.4, -0.2) is 38.6 Å². The molecule has 0 bridgehead atoms. The van der Waals surface area contributed by atoms with Crippen molar-refractivity contribution in [3.05, 3.63) is 59.7 Å². The van der Waals surface area contributed by atoms with E-state index in [9.17, 15) is 0 Å². The third kappa shape index (κ3) is 7.71. The lowest BCUT2D eigenvalue weighted by atomic mass is 9.78. The standard InChI is InChI=1S/C25H36O4/c1-19(2)26-13-15-28-23-11-7-9-21(17-23)25(5,6)22-10-8-12-24(18-22)29-16-14-27-20(3)4/h7-12,17-20H,13-16H2,1-6H3. The molecule has 0 spiro atoms. The Hall–Kier alpha value is -2.04. The molecule has 4 nitrogen and oxygen atoms in total. The Balaban J connectivity index is 2.04. The van der Waals surface area contributed by atoms with Gasteiger partial charge in [0.05, 0.1) is 25.4 Å². The molecule has 0 fully saturated rings. The van der Waals surface area contributed by atoms with Gasteiger partial charge in [-0.2, -0.15) is 0 Å². The largest absolute Gasteiger partial charge is 0.491 e. The molecule has 2 rings (SSSR count). The molecule has 0 radical (unpaired) electrons. The molecule has 160 valence electrons. The van der Waals surface area contributed by atoms with Crippen LogP contribution in [0.25, 0.3) is 0 Å². The number of rotatable bonds is 12. The van der Waals surface area contributed by atoms with Crippen molar-refractivity contribution in [1.82, 2.24) is 0 Å². The fourth-order valence-electron chi connectivity index (χ4n) is 3.00. The van der Waals surface area contributed by atoms with Gasteiger partial charge >= 0.3 is 0 Å². The van der Waals surface area contributed by atoms with E-state index in [1.54, 1.807) is 0 Å². The van der Waals surface area contributed by atoms with Crippen LogP contribution in [-0.2, 0) is 14.9 Å². The molecule has 2 aromatic carbocycles. The van der Waals surface area contributed by atoms with Gasteiger partial charge in [-0.1, -0.05) is 38.1 Å². The predicted octanol–water partition coefficient (Wildman–Crippen LogP) is 5.62. The first-order valence-electron chi connectivity index (χ1n) is 10.5. The molecule has 0 unspecified atom stereocenters. The van der Waals surface area contributed by atoms with E-state index in [0.717, 1.165) is 11.5 Å². The fraction of sp³-hybridized carbons (Fsp3) is 0.520. The van der Waals surface area contributed by atoms with Gasteiger partial charge in [0, 0.05) is 5.41 Å². The highest BCUT2D eigenvalue weighted by Gasteiger charge is 2.24. The second-order valence-electron chi connectivity index (χ2n) is 8.22. The molecular weight excluding hydrogens is 364 g/mol. The summed E-state index contributed by atoms with van der Waals surface area (Å²) in [6.45, 7) is 14.8. The molecule has 29 heavy (non-hydrogen) atoms. The van der Waals surface area contributed by atoms with Gasteiger partial charge in [0.15, 0.2) is 0 Å². The Labute approximate surface area is 176 Å². The van der Waals surface area contributed by atoms with Crippen LogP contribution in [0, 0.1) is 0 Å². The van der Waals surface area contributed by atoms with Gasteiger partial charge in [0.1, 0.15) is 24.7 Å². The van der Waals surface area contributed by atoms with Crippen molar-refractivity contribution in [3.63, 3.8) is 0 Å². The minimum absolute atomic E-state index is 0.179. The molecule has 0 amide bonds. The topological polar surface area (TPSA) is 36.9 Å². The summed E-state index contributed by atoms with van der Waals surface area (Å²) in [5.74, 6) is 1.72. The highest BCUT2D eigenvalue weighted by molar-refractivity contribution is 5.43. The van der Waals surface area contributed by atoms with Crippen LogP contribution in [0.4, 0.5) is 0 Å². The first kappa shape index (κ1) is 23.2. The van der Waals surface area contributed by atoms with E-state index in [4.69, 9.17) is 18.9 Å². The van der Waals surface area contributed by atoms with E-state index < -0.39 is 0 Å². The van der Waals surface area contributed by atoms with Crippen molar-refractivity contribution < 1.29 is 18.9 Å². The van der Waals surface area contributed by atoms with Gasteiger partial charge in [-0.05, 0) is 63.1 Å². The molecule has 2 aromatic rings. The third-order valence-corrected chi connectivity index (χ3v) is 4.72. The van der Waals surface area contributed by atoms with Crippen LogP contribution in [0.15, 0.2) is 48.5 Å². The lowest BCUT2D eigenvalue weighted by Gasteiger charge is -2.27. The van der Waals surface area contributed by atoms with Gasteiger partial charge in [0.2, 0.25) is 0 Å². The SMILES string of the molecule is CC(C)OCCOc1cccc(C(C)(C)c2cccc(OCCOC(C)C)c2)c1. The minimum atomic E-state index is -0.179. The summed E-state index contributed by atoms with van der Waals surface area (Å²) in [7, 11) is 0. The summed E-state index contributed by atoms with van der Waals surface area (Å²) >= 11 is 0. The van der Waals surface area contributed by atoms with Gasteiger partial charge in [-0.3, -0.25) is 0 Å². The van der Waals surface area contributed by atoms with Gasteiger partial charge in [-0.15, -0.1) is 0 Å². The third-order valence-electron chi connectivity index (χ3n) is 4.72. The van der Waals surface area contributed by atoms with E-state index in [1.165, 1.54) is 11.1 Å². The zero-order valence-electron chi connectivity index (χ0n) is 18.7. The van der Waals surface area contributed by atoms with Crippen molar-refractivity contribution in [2.45, 2.75) is 59.2 Å². The Morgan fingerprint density at radius 1 is 0.655 bits per heavy atom. The van der Waals surface area contributed by atoms with Crippen LogP contribution in [0.1, 0.15) is 52.7 Å². The van der Waals surface area contributed by atoms with E-state index in [2.05, 4.69) is 38.1 Å². The maximum Gasteiger partial charge on any atom is 0.119 e. The lowest BCUT2D eigenvalue weighted by molar-refractivity contribution is 0.0552. The van der Waals surface area contributed by atoms with Crippen molar-refractivity contribution >= 4 is 0 Å². The number of hydrogen-bond acceptors (Lipinski definition) is 4. The number of hydrogen-bond donors (Lipinski definition) is 0.